The van der Waals surface area contributed by atoms with Crippen molar-refractivity contribution < 1.29 is 13.2 Å². The zero-order chi connectivity index (χ0) is 18.4. The summed E-state index contributed by atoms with van der Waals surface area (Å²) in [6.45, 7) is 5.41. The molecule has 7 heteroatoms. The molecule has 0 aromatic heterocycles. The minimum Gasteiger partial charge on any atom is -0.341 e. The second kappa shape index (κ2) is 9.01. The number of nitrogens with one attached hydrogen (secondary N) is 1. The van der Waals surface area contributed by atoms with Crippen LogP contribution < -0.4 is 4.72 Å². The Morgan fingerprint density at radius 1 is 1.16 bits per heavy atom. The van der Waals surface area contributed by atoms with Crippen LogP contribution in [0.25, 0.3) is 0 Å². The van der Waals surface area contributed by atoms with E-state index in [1.807, 2.05) is 13.8 Å². The van der Waals surface area contributed by atoms with Gasteiger partial charge in [-0.15, -0.1) is 0 Å². The maximum atomic E-state index is 12.8. The summed E-state index contributed by atoms with van der Waals surface area (Å²) in [5.74, 6) is -0.0449. The quantitative estimate of drug-likeness (QED) is 0.782. The predicted octanol–water partition coefficient (Wildman–Crippen LogP) is 3.19. The first kappa shape index (κ1) is 20.2. The zero-order valence-corrected chi connectivity index (χ0v) is 16.4. The van der Waals surface area contributed by atoms with Gasteiger partial charge in [-0.25, -0.2) is 13.1 Å². The Morgan fingerprint density at radius 3 is 2.32 bits per heavy atom. The molecule has 1 N–H and O–H groups in total. The Morgan fingerprint density at radius 2 is 1.76 bits per heavy atom. The number of sulfonamides is 1. The molecule has 1 aromatic carbocycles. The lowest BCUT2D eigenvalue weighted by atomic mass is 10.0. The summed E-state index contributed by atoms with van der Waals surface area (Å²) < 4.78 is 27.7. The van der Waals surface area contributed by atoms with Crippen LogP contribution in [-0.4, -0.2) is 38.4 Å². The number of likely N-dealkylation sites (tertiary alicyclic amines) is 1. The Balaban J connectivity index is 2.08. The van der Waals surface area contributed by atoms with Gasteiger partial charge in [0.1, 0.15) is 6.04 Å². The molecule has 1 saturated heterocycles. The van der Waals surface area contributed by atoms with Crippen LogP contribution in [0.15, 0.2) is 24.3 Å². The summed E-state index contributed by atoms with van der Waals surface area (Å²) >= 11 is 5.84. The highest BCUT2D eigenvalue weighted by Gasteiger charge is 2.29. The van der Waals surface area contributed by atoms with Gasteiger partial charge in [-0.3, -0.25) is 4.79 Å². The van der Waals surface area contributed by atoms with Crippen LogP contribution in [0.2, 0.25) is 5.02 Å². The van der Waals surface area contributed by atoms with Crippen LogP contribution in [0, 0.1) is 5.92 Å². The molecule has 1 atom stereocenters. The van der Waals surface area contributed by atoms with Crippen molar-refractivity contribution in [2.45, 2.75) is 51.3 Å². The van der Waals surface area contributed by atoms with Gasteiger partial charge in [0.05, 0.1) is 5.75 Å². The number of piperidine rings is 1. The number of hydrogen-bond donors (Lipinski definition) is 1. The summed E-state index contributed by atoms with van der Waals surface area (Å²) in [6, 6.07) is 6.00. The lowest BCUT2D eigenvalue weighted by Crippen LogP contribution is -2.50. The Kier molecular flexibility index (Phi) is 7.28. The molecule has 5 nitrogen and oxygen atoms in total. The molecule has 1 aromatic rings. The number of hydrogen-bond acceptors (Lipinski definition) is 3. The van der Waals surface area contributed by atoms with Gasteiger partial charge in [0, 0.05) is 18.1 Å². The molecule has 25 heavy (non-hydrogen) atoms. The summed E-state index contributed by atoms with van der Waals surface area (Å²) in [5.41, 5.74) is 0.644. The fourth-order valence-electron chi connectivity index (χ4n) is 3.06. The number of carbonyl (C=O) groups is 1. The average Bonchev–Trinajstić information content (AvgIpc) is 2.55. The van der Waals surface area contributed by atoms with Crippen molar-refractivity contribution in [2.24, 2.45) is 5.92 Å². The first-order valence-corrected chi connectivity index (χ1v) is 10.8. The molecule has 1 heterocycles. The van der Waals surface area contributed by atoms with E-state index in [1.165, 1.54) is 0 Å². The third kappa shape index (κ3) is 6.60. The van der Waals surface area contributed by atoms with Crippen LogP contribution in [0.3, 0.4) is 0 Å². The SMILES string of the molecule is CC(C)C[C@H](NS(=O)(=O)Cc1ccc(Cl)cc1)C(=O)N1CCCCC1. The van der Waals surface area contributed by atoms with Gasteiger partial charge in [0.2, 0.25) is 15.9 Å². The van der Waals surface area contributed by atoms with Crippen molar-refractivity contribution in [3.05, 3.63) is 34.9 Å². The number of amides is 1. The normalized spacial score (nSPS) is 16.9. The standard InChI is InChI=1S/C18H27ClN2O3S/c1-14(2)12-17(18(22)21-10-4-3-5-11-21)20-25(23,24)13-15-6-8-16(19)9-7-15/h6-9,14,17,20H,3-5,10-13H2,1-2H3/t17-/m0/s1. The Hall–Kier alpha value is -1.11. The highest BCUT2D eigenvalue weighted by Crippen LogP contribution is 2.16. The van der Waals surface area contributed by atoms with Crippen molar-refractivity contribution in [3.63, 3.8) is 0 Å². The lowest BCUT2D eigenvalue weighted by Gasteiger charge is -2.31. The minimum absolute atomic E-state index is 0.104. The summed E-state index contributed by atoms with van der Waals surface area (Å²) in [4.78, 5) is 14.6. The molecule has 0 spiro atoms. The lowest BCUT2D eigenvalue weighted by molar-refractivity contribution is -0.134. The molecule has 0 aliphatic carbocycles. The predicted molar refractivity (Wildman–Crippen MR) is 101 cm³/mol. The second-order valence-corrected chi connectivity index (χ2v) is 9.26. The molecule has 0 saturated carbocycles. The molecule has 1 amide bonds. The third-order valence-electron chi connectivity index (χ3n) is 4.26. The molecular weight excluding hydrogens is 360 g/mol. The van der Waals surface area contributed by atoms with E-state index in [1.54, 1.807) is 29.2 Å². The molecule has 1 aliphatic rings. The molecule has 1 fully saturated rings. The summed E-state index contributed by atoms with van der Waals surface area (Å²) in [6.07, 6.45) is 3.59. The maximum Gasteiger partial charge on any atom is 0.240 e. The Labute approximate surface area is 155 Å². The zero-order valence-electron chi connectivity index (χ0n) is 14.9. The van der Waals surface area contributed by atoms with Gasteiger partial charge >= 0.3 is 0 Å². The van der Waals surface area contributed by atoms with Gasteiger partial charge in [-0.1, -0.05) is 37.6 Å². The Bertz CT molecular complexity index is 668. The molecule has 140 valence electrons. The van der Waals surface area contributed by atoms with Crippen molar-refractivity contribution in [2.75, 3.05) is 13.1 Å². The van der Waals surface area contributed by atoms with Crippen LogP contribution in [-0.2, 0) is 20.6 Å². The van der Waals surface area contributed by atoms with Crippen LogP contribution >= 0.6 is 11.6 Å². The first-order valence-electron chi connectivity index (χ1n) is 8.80. The topological polar surface area (TPSA) is 66.5 Å². The van der Waals surface area contributed by atoms with Gasteiger partial charge in [0.25, 0.3) is 0 Å². The summed E-state index contributed by atoms with van der Waals surface area (Å²) in [5, 5.41) is 0.562. The van der Waals surface area contributed by atoms with Gasteiger partial charge in [0.15, 0.2) is 0 Å². The maximum absolute atomic E-state index is 12.8. The molecule has 0 unspecified atom stereocenters. The first-order chi connectivity index (χ1) is 11.8. The van der Waals surface area contributed by atoms with E-state index in [0.29, 0.717) is 30.1 Å². The second-order valence-electron chi connectivity index (χ2n) is 7.07. The van der Waals surface area contributed by atoms with Crippen LogP contribution in [0.1, 0.15) is 45.1 Å². The number of nitrogens with zero attached hydrogens (tertiary/aromatic N) is 1. The van der Waals surface area contributed by atoms with Gasteiger partial charge < -0.3 is 4.90 Å². The van der Waals surface area contributed by atoms with Crippen molar-refractivity contribution in [1.29, 1.82) is 0 Å². The number of benzene rings is 1. The number of rotatable bonds is 7. The molecule has 0 radical (unpaired) electrons. The van der Waals surface area contributed by atoms with E-state index in [4.69, 9.17) is 11.6 Å². The van der Waals surface area contributed by atoms with E-state index in [9.17, 15) is 13.2 Å². The molecule has 1 aliphatic heterocycles. The van der Waals surface area contributed by atoms with E-state index in [2.05, 4.69) is 4.72 Å². The molecule has 0 bridgehead atoms. The van der Waals surface area contributed by atoms with Crippen molar-refractivity contribution >= 4 is 27.5 Å². The van der Waals surface area contributed by atoms with E-state index < -0.39 is 16.1 Å². The number of carbonyl (C=O) groups excluding carboxylic acids is 1. The highest BCUT2D eigenvalue weighted by molar-refractivity contribution is 7.88. The van der Waals surface area contributed by atoms with Gasteiger partial charge in [-0.05, 0) is 49.3 Å². The van der Waals surface area contributed by atoms with E-state index >= 15 is 0 Å². The van der Waals surface area contributed by atoms with E-state index in [0.717, 1.165) is 19.3 Å². The fraction of sp³-hybridized carbons (Fsp3) is 0.611. The van der Waals surface area contributed by atoms with E-state index in [-0.39, 0.29) is 17.6 Å². The average molecular weight is 387 g/mol. The smallest absolute Gasteiger partial charge is 0.240 e. The fourth-order valence-corrected chi connectivity index (χ4v) is 4.54. The van der Waals surface area contributed by atoms with Crippen LogP contribution in [0.5, 0.6) is 0 Å². The molecular formula is C18H27ClN2O3S. The molecule has 2 rings (SSSR count). The van der Waals surface area contributed by atoms with Crippen molar-refractivity contribution in [3.8, 4) is 0 Å². The third-order valence-corrected chi connectivity index (χ3v) is 5.87. The van der Waals surface area contributed by atoms with Crippen LogP contribution in [0.4, 0.5) is 0 Å². The monoisotopic (exact) mass is 386 g/mol. The number of halogens is 1. The minimum atomic E-state index is -3.62. The van der Waals surface area contributed by atoms with Crippen molar-refractivity contribution in [1.82, 2.24) is 9.62 Å². The largest absolute Gasteiger partial charge is 0.341 e. The summed E-state index contributed by atoms with van der Waals surface area (Å²) in [7, 11) is -3.62. The van der Waals surface area contributed by atoms with Gasteiger partial charge in [-0.2, -0.15) is 0 Å². The highest BCUT2D eigenvalue weighted by atomic mass is 35.5.